The molecule has 0 aliphatic carbocycles. The zero-order valence-corrected chi connectivity index (χ0v) is 12.6. The predicted molar refractivity (Wildman–Crippen MR) is 75.1 cm³/mol. The largest absolute Gasteiger partial charge is 0.465 e. The Labute approximate surface area is 119 Å². The number of hydrogen-bond acceptors (Lipinski definition) is 4. The zero-order valence-electron chi connectivity index (χ0n) is 11.8. The second kappa shape index (κ2) is 5.93. The van der Waals surface area contributed by atoms with Crippen LogP contribution < -0.4 is 0 Å². The van der Waals surface area contributed by atoms with E-state index in [0.717, 1.165) is 19.3 Å². The molecular weight excluding hydrogens is 278 g/mol. The van der Waals surface area contributed by atoms with E-state index in [4.69, 9.17) is 0 Å². The summed E-state index contributed by atoms with van der Waals surface area (Å²) in [5.41, 5.74) is 1.00. The van der Waals surface area contributed by atoms with E-state index in [1.165, 1.54) is 17.5 Å². The van der Waals surface area contributed by atoms with Crippen molar-refractivity contribution in [3.63, 3.8) is 0 Å². The Morgan fingerprint density at radius 3 is 2.45 bits per heavy atom. The average molecular weight is 297 g/mol. The fourth-order valence-electron chi connectivity index (χ4n) is 2.35. The molecule has 110 valence electrons. The lowest BCUT2D eigenvalue weighted by Gasteiger charge is -2.26. The number of rotatable bonds is 3. The summed E-state index contributed by atoms with van der Waals surface area (Å²) in [6.07, 6.45) is 2.83. The molecule has 1 aliphatic heterocycles. The van der Waals surface area contributed by atoms with Crippen LogP contribution in [0, 0.1) is 6.92 Å². The van der Waals surface area contributed by atoms with Crippen LogP contribution in [0.5, 0.6) is 0 Å². The van der Waals surface area contributed by atoms with Crippen molar-refractivity contribution in [1.29, 1.82) is 0 Å². The van der Waals surface area contributed by atoms with Crippen molar-refractivity contribution in [2.24, 2.45) is 0 Å². The molecule has 0 saturated carbocycles. The molecule has 1 saturated heterocycles. The third-order valence-electron chi connectivity index (χ3n) is 3.57. The van der Waals surface area contributed by atoms with E-state index in [1.807, 2.05) is 0 Å². The molecule has 0 amide bonds. The van der Waals surface area contributed by atoms with Crippen molar-refractivity contribution in [2.75, 3.05) is 20.2 Å². The van der Waals surface area contributed by atoms with Gasteiger partial charge in [0.15, 0.2) is 0 Å². The number of sulfonamides is 1. The van der Waals surface area contributed by atoms with Crippen LogP contribution in [-0.4, -0.2) is 38.9 Å². The number of carbonyl (C=O) groups excluding carboxylic acids is 1. The fraction of sp³-hybridized carbons (Fsp3) is 0.500. The van der Waals surface area contributed by atoms with Crippen LogP contribution in [0.4, 0.5) is 0 Å². The second-order valence-electron chi connectivity index (χ2n) is 4.93. The van der Waals surface area contributed by atoms with Gasteiger partial charge in [0.2, 0.25) is 10.0 Å². The first-order valence-electron chi connectivity index (χ1n) is 6.66. The summed E-state index contributed by atoms with van der Waals surface area (Å²) in [4.78, 5) is 11.8. The number of ether oxygens (including phenoxy) is 1. The van der Waals surface area contributed by atoms with Gasteiger partial charge in [-0.15, -0.1) is 0 Å². The summed E-state index contributed by atoms with van der Waals surface area (Å²) in [7, 11) is -2.23. The topological polar surface area (TPSA) is 63.7 Å². The summed E-state index contributed by atoms with van der Waals surface area (Å²) in [5, 5.41) is 0. The molecule has 1 aromatic carbocycles. The molecule has 0 unspecified atom stereocenters. The van der Waals surface area contributed by atoms with Crippen LogP contribution in [0.2, 0.25) is 0 Å². The third kappa shape index (κ3) is 2.86. The smallest absolute Gasteiger partial charge is 0.338 e. The molecule has 0 atom stereocenters. The molecule has 20 heavy (non-hydrogen) atoms. The van der Waals surface area contributed by atoms with Crippen LogP contribution in [0.15, 0.2) is 23.1 Å². The molecule has 0 bridgehead atoms. The quantitative estimate of drug-likeness (QED) is 0.800. The molecule has 6 heteroatoms. The number of nitrogens with zero attached hydrogens (tertiary/aromatic N) is 1. The van der Waals surface area contributed by atoms with Crippen LogP contribution >= 0.6 is 0 Å². The normalized spacial score (nSPS) is 16.9. The molecule has 2 rings (SSSR count). The van der Waals surface area contributed by atoms with Gasteiger partial charge < -0.3 is 4.74 Å². The SMILES string of the molecule is COC(=O)c1cc(S(=O)(=O)N2CCCCC2)ccc1C. The fourth-order valence-corrected chi connectivity index (χ4v) is 3.89. The van der Waals surface area contributed by atoms with Gasteiger partial charge in [0.05, 0.1) is 17.6 Å². The minimum Gasteiger partial charge on any atom is -0.465 e. The van der Waals surface area contributed by atoms with Crippen molar-refractivity contribution in [2.45, 2.75) is 31.1 Å². The number of esters is 1. The van der Waals surface area contributed by atoms with Gasteiger partial charge in [-0.05, 0) is 37.5 Å². The van der Waals surface area contributed by atoms with Crippen molar-refractivity contribution >= 4 is 16.0 Å². The molecule has 1 aromatic rings. The number of methoxy groups -OCH3 is 1. The minimum atomic E-state index is -3.52. The number of aryl methyl sites for hydroxylation is 1. The first kappa shape index (κ1) is 15.0. The number of carbonyl (C=O) groups is 1. The Morgan fingerprint density at radius 1 is 1.20 bits per heavy atom. The summed E-state index contributed by atoms with van der Waals surface area (Å²) in [6, 6.07) is 4.60. The van der Waals surface area contributed by atoms with E-state index in [1.54, 1.807) is 19.1 Å². The van der Waals surface area contributed by atoms with Crippen molar-refractivity contribution in [1.82, 2.24) is 4.31 Å². The second-order valence-corrected chi connectivity index (χ2v) is 6.87. The molecule has 0 spiro atoms. The Bertz CT molecular complexity index is 604. The summed E-state index contributed by atoms with van der Waals surface area (Å²) in [6.45, 7) is 2.84. The van der Waals surface area contributed by atoms with Crippen LogP contribution in [0.3, 0.4) is 0 Å². The van der Waals surface area contributed by atoms with Crippen molar-refractivity contribution < 1.29 is 17.9 Å². The lowest BCUT2D eigenvalue weighted by molar-refractivity contribution is 0.0599. The van der Waals surface area contributed by atoms with Crippen LogP contribution in [-0.2, 0) is 14.8 Å². The van der Waals surface area contributed by atoms with E-state index in [2.05, 4.69) is 4.74 Å². The Kier molecular flexibility index (Phi) is 4.45. The van der Waals surface area contributed by atoms with E-state index < -0.39 is 16.0 Å². The number of benzene rings is 1. The predicted octanol–water partition coefficient (Wildman–Crippen LogP) is 1.96. The van der Waals surface area contributed by atoms with Gasteiger partial charge in [-0.2, -0.15) is 4.31 Å². The van der Waals surface area contributed by atoms with Crippen LogP contribution in [0.1, 0.15) is 35.2 Å². The van der Waals surface area contributed by atoms with Crippen molar-refractivity contribution in [3.05, 3.63) is 29.3 Å². The maximum absolute atomic E-state index is 12.5. The van der Waals surface area contributed by atoms with E-state index in [9.17, 15) is 13.2 Å². The lowest BCUT2D eigenvalue weighted by Crippen LogP contribution is -2.35. The molecule has 0 N–H and O–H groups in total. The summed E-state index contributed by atoms with van der Waals surface area (Å²) >= 11 is 0. The molecule has 1 heterocycles. The standard InChI is InChI=1S/C14H19NO4S/c1-11-6-7-12(10-13(11)14(16)19-2)20(17,18)15-8-4-3-5-9-15/h6-7,10H,3-5,8-9H2,1-2H3. The average Bonchev–Trinajstić information content (AvgIpc) is 2.47. The van der Waals surface area contributed by atoms with Gasteiger partial charge in [-0.3, -0.25) is 0 Å². The van der Waals surface area contributed by atoms with Gasteiger partial charge in [-0.25, -0.2) is 13.2 Å². The Balaban J connectivity index is 2.39. The molecular formula is C14H19NO4S. The highest BCUT2D eigenvalue weighted by molar-refractivity contribution is 7.89. The third-order valence-corrected chi connectivity index (χ3v) is 5.46. The maximum atomic E-state index is 12.5. The van der Waals surface area contributed by atoms with Gasteiger partial charge in [-0.1, -0.05) is 12.5 Å². The molecule has 5 nitrogen and oxygen atoms in total. The summed E-state index contributed by atoms with van der Waals surface area (Å²) in [5.74, 6) is -0.516. The first-order chi connectivity index (χ1) is 9.46. The number of hydrogen-bond donors (Lipinski definition) is 0. The summed E-state index contributed by atoms with van der Waals surface area (Å²) < 4.78 is 31.2. The van der Waals surface area contributed by atoms with Gasteiger partial charge in [0.25, 0.3) is 0 Å². The Hall–Kier alpha value is -1.40. The van der Waals surface area contributed by atoms with Gasteiger partial charge in [0, 0.05) is 13.1 Å². The first-order valence-corrected chi connectivity index (χ1v) is 8.10. The number of piperidine rings is 1. The molecule has 1 aliphatic rings. The highest BCUT2D eigenvalue weighted by Crippen LogP contribution is 2.23. The van der Waals surface area contributed by atoms with E-state index in [0.29, 0.717) is 24.2 Å². The monoisotopic (exact) mass is 297 g/mol. The molecule has 0 aromatic heterocycles. The zero-order chi connectivity index (χ0) is 14.8. The lowest BCUT2D eigenvalue weighted by atomic mass is 10.1. The van der Waals surface area contributed by atoms with Gasteiger partial charge in [0.1, 0.15) is 0 Å². The highest BCUT2D eigenvalue weighted by atomic mass is 32.2. The molecule has 0 radical (unpaired) electrons. The molecule has 1 fully saturated rings. The van der Waals surface area contributed by atoms with Crippen LogP contribution in [0.25, 0.3) is 0 Å². The van der Waals surface area contributed by atoms with E-state index in [-0.39, 0.29) is 4.90 Å². The van der Waals surface area contributed by atoms with E-state index >= 15 is 0 Å². The minimum absolute atomic E-state index is 0.158. The maximum Gasteiger partial charge on any atom is 0.338 e. The van der Waals surface area contributed by atoms with Crippen molar-refractivity contribution in [3.8, 4) is 0 Å². The van der Waals surface area contributed by atoms with Gasteiger partial charge >= 0.3 is 5.97 Å². The Morgan fingerprint density at radius 2 is 1.85 bits per heavy atom. The highest BCUT2D eigenvalue weighted by Gasteiger charge is 2.27.